The highest BCUT2D eigenvalue weighted by atomic mass is 15.6. The number of hydrogen-bond acceptors (Lipinski definition) is 4. The second-order valence-corrected chi connectivity index (χ2v) is 6.80. The van der Waals surface area contributed by atoms with Gasteiger partial charge in [-0.3, -0.25) is 0 Å². The van der Waals surface area contributed by atoms with Gasteiger partial charge in [0.1, 0.15) is 0 Å². The smallest absolute Gasteiger partial charge is 0.138 e. The Labute approximate surface area is 146 Å². The lowest BCUT2D eigenvalue weighted by Gasteiger charge is -2.10. The van der Waals surface area contributed by atoms with E-state index in [2.05, 4.69) is 51.9 Å². The molecule has 0 fully saturated rings. The van der Waals surface area contributed by atoms with E-state index in [9.17, 15) is 0 Å². The highest BCUT2D eigenvalue weighted by Gasteiger charge is 2.12. The largest absolute Gasteiger partial charge is 0.189 e. The maximum absolute atomic E-state index is 4.02. The minimum absolute atomic E-state index is 0.112. The Kier molecular flexibility index (Phi) is 9.28. The summed E-state index contributed by atoms with van der Waals surface area (Å²) >= 11 is 0. The lowest BCUT2D eigenvalue weighted by Crippen LogP contribution is -2.05. The molecule has 0 atom stereocenters. The Morgan fingerprint density at radius 1 is 0.708 bits per heavy atom. The van der Waals surface area contributed by atoms with Crippen LogP contribution in [0, 0.1) is 0 Å². The average Bonchev–Trinajstić information content (AvgIpc) is 3.11. The molecule has 0 saturated heterocycles. The van der Waals surface area contributed by atoms with Crippen molar-refractivity contribution in [1.82, 2.24) is 0 Å². The molecule has 1 aliphatic rings. The van der Waals surface area contributed by atoms with E-state index in [1.807, 2.05) is 0 Å². The molecule has 1 aliphatic heterocycles. The predicted octanol–water partition coefficient (Wildman–Crippen LogP) is 6.85. The third-order valence-corrected chi connectivity index (χ3v) is 4.73. The highest BCUT2D eigenvalue weighted by molar-refractivity contribution is 5.28. The molecule has 132 valence electrons. The number of rotatable bonds is 13. The standard InChI is InChI=1S/C20H32N4/c1-2-3-4-5-6-7-8-9-10-11-14-18-15-12-13-16-19(18)17-20-21-23-24-22-20/h12-13,15-16,20H,2-11,14,17H2,1H3. The summed E-state index contributed by atoms with van der Waals surface area (Å²) in [4.78, 5) is 0. The number of unbranched alkanes of at least 4 members (excludes halogenated alkanes) is 9. The van der Waals surface area contributed by atoms with E-state index in [0.717, 1.165) is 12.8 Å². The molecule has 0 N–H and O–H groups in total. The van der Waals surface area contributed by atoms with Crippen LogP contribution in [0.1, 0.15) is 82.3 Å². The molecule has 0 bridgehead atoms. The summed E-state index contributed by atoms with van der Waals surface area (Å²) in [5.41, 5.74) is 2.78. The van der Waals surface area contributed by atoms with Crippen molar-refractivity contribution in [2.45, 2.75) is 90.1 Å². The Morgan fingerprint density at radius 2 is 1.25 bits per heavy atom. The van der Waals surface area contributed by atoms with Gasteiger partial charge in [-0.05, 0) is 34.4 Å². The first-order valence-corrected chi connectivity index (χ1v) is 9.77. The molecule has 1 heterocycles. The molecule has 0 spiro atoms. The van der Waals surface area contributed by atoms with E-state index in [-0.39, 0.29) is 6.17 Å². The monoisotopic (exact) mass is 328 g/mol. The fourth-order valence-electron chi connectivity index (χ4n) is 3.27. The maximum Gasteiger partial charge on any atom is 0.189 e. The van der Waals surface area contributed by atoms with Crippen LogP contribution in [0.15, 0.2) is 44.9 Å². The van der Waals surface area contributed by atoms with E-state index in [4.69, 9.17) is 0 Å². The van der Waals surface area contributed by atoms with Crippen LogP contribution in [0.3, 0.4) is 0 Å². The average molecular weight is 329 g/mol. The lowest BCUT2D eigenvalue weighted by atomic mass is 9.97. The van der Waals surface area contributed by atoms with Crippen molar-refractivity contribution < 1.29 is 0 Å². The van der Waals surface area contributed by atoms with E-state index in [1.54, 1.807) is 0 Å². The third kappa shape index (κ3) is 7.33. The third-order valence-electron chi connectivity index (χ3n) is 4.73. The SMILES string of the molecule is CCCCCCCCCCCCc1ccccc1CC1N=NN=N1. The first-order valence-electron chi connectivity index (χ1n) is 9.77. The van der Waals surface area contributed by atoms with Crippen molar-refractivity contribution in [3.63, 3.8) is 0 Å². The molecule has 4 heteroatoms. The van der Waals surface area contributed by atoms with Crippen LogP contribution in [0.4, 0.5) is 0 Å². The fraction of sp³-hybridized carbons (Fsp3) is 0.700. The number of nitrogens with zero attached hydrogens (tertiary/aromatic N) is 4. The minimum atomic E-state index is -0.112. The zero-order valence-corrected chi connectivity index (χ0v) is 15.2. The van der Waals surface area contributed by atoms with Crippen molar-refractivity contribution >= 4 is 0 Å². The van der Waals surface area contributed by atoms with E-state index < -0.39 is 0 Å². The second-order valence-electron chi connectivity index (χ2n) is 6.80. The van der Waals surface area contributed by atoms with E-state index >= 15 is 0 Å². The Morgan fingerprint density at radius 3 is 1.88 bits per heavy atom. The van der Waals surface area contributed by atoms with E-state index in [0.29, 0.717) is 0 Å². The number of benzene rings is 1. The van der Waals surface area contributed by atoms with Crippen molar-refractivity contribution in [2.75, 3.05) is 0 Å². The lowest BCUT2D eigenvalue weighted by molar-refractivity contribution is 0.556. The van der Waals surface area contributed by atoms with E-state index in [1.165, 1.54) is 75.3 Å². The van der Waals surface area contributed by atoms with Gasteiger partial charge < -0.3 is 0 Å². The van der Waals surface area contributed by atoms with Crippen LogP contribution in [-0.2, 0) is 12.8 Å². The van der Waals surface area contributed by atoms with Gasteiger partial charge in [-0.2, -0.15) is 0 Å². The van der Waals surface area contributed by atoms with Gasteiger partial charge in [-0.1, -0.05) is 89.0 Å². The van der Waals surface area contributed by atoms with Gasteiger partial charge in [-0.25, -0.2) is 0 Å². The predicted molar refractivity (Wildman–Crippen MR) is 99.2 cm³/mol. The summed E-state index contributed by atoms with van der Waals surface area (Å²) < 4.78 is 0. The van der Waals surface area contributed by atoms with Crippen molar-refractivity contribution in [1.29, 1.82) is 0 Å². The fourth-order valence-corrected chi connectivity index (χ4v) is 3.27. The van der Waals surface area contributed by atoms with Gasteiger partial charge in [0.15, 0.2) is 6.17 Å². The molecule has 0 radical (unpaired) electrons. The summed E-state index contributed by atoms with van der Waals surface area (Å²) in [5.74, 6) is 0. The maximum atomic E-state index is 4.02. The molecule has 4 nitrogen and oxygen atoms in total. The van der Waals surface area contributed by atoms with Gasteiger partial charge >= 0.3 is 0 Å². The molecular weight excluding hydrogens is 296 g/mol. The molecule has 0 amide bonds. The molecule has 24 heavy (non-hydrogen) atoms. The van der Waals surface area contributed by atoms with Crippen LogP contribution >= 0.6 is 0 Å². The summed E-state index contributed by atoms with van der Waals surface area (Å²) in [6.07, 6.45) is 15.7. The second kappa shape index (κ2) is 11.9. The van der Waals surface area contributed by atoms with Gasteiger partial charge in [-0.15, -0.1) is 10.2 Å². The summed E-state index contributed by atoms with van der Waals surface area (Å²) in [5, 5.41) is 15.2. The topological polar surface area (TPSA) is 49.4 Å². The first-order chi connectivity index (χ1) is 11.9. The number of hydrogen-bond donors (Lipinski definition) is 0. The van der Waals surface area contributed by atoms with Crippen molar-refractivity contribution in [3.05, 3.63) is 35.4 Å². The molecule has 1 aromatic carbocycles. The minimum Gasteiger partial charge on any atom is -0.138 e. The van der Waals surface area contributed by atoms with Crippen LogP contribution in [0.2, 0.25) is 0 Å². The van der Waals surface area contributed by atoms with Crippen molar-refractivity contribution in [3.8, 4) is 0 Å². The van der Waals surface area contributed by atoms with Gasteiger partial charge in [0.05, 0.1) is 0 Å². The zero-order chi connectivity index (χ0) is 16.9. The van der Waals surface area contributed by atoms with Gasteiger partial charge in [0.25, 0.3) is 0 Å². The molecular formula is C20H32N4. The molecule has 0 saturated carbocycles. The summed E-state index contributed by atoms with van der Waals surface area (Å²) in [6, 6.07) is 8.66. The quantitative estimate of drug-likeness (QED) is 0.355. The molecule has 0 unspecified atom stereocenters. The normalized spacial score (nSPS) is 13.9. The Hall–Kier alpha value is -1.58. The Bertz CT molecular complexity index is 498. The molecule has 2 rings (SSSR count). The van der Waals surface area contributed by atoms with Gasteiger partial charge in [0.2, 0.25) is 0 Å². The summed E-state index contributed by atoms with van der Waals surface area (Å²) in [7, 11) is 0. The molecule has 0 aliphatic carbocycles. The van der Waals surface area contributed by atoms with Crippen LogP contribution < -0.4 is 0 Å². The van der Waals surface area contributed by atoms with Crippen LogP contribution in [-0.4, -0.2) is 6.17 Å². The summed E-state index contributed by atoms with van der Waals surface area (Å²) in [6.45, 7) is 2.28. The molecule has 0 aromatic heterocycles. The molecule has 1 aromatic rings. The van der Waals surface area contributed by atoms with Crippen LogP contribution in [0.5, 0.6) is 0 Å². The Balaban J connectivity index is 1.57. The first kappa shape index (κ1) is 18.8. The van der Waals surface area contributed by atoms with Crippen LogP contribution in [0.25, 0.3) is 0 Å². The van der Waals surface area contributed by atoms with Gasteiger partial charge in [0, 0.05) is 6.42 Å². The van der Waals surface area contributed by atoms with Crippen molar-refractivity contribution in [2.24, 2.45) is 20.7 Å². The number of aryl methyl sites for hydroxylation is 1. The highest BCUT2D eigenvalue weighted by Crippen LogP contribution is 2.19. The zero-order valence-electron chi connectivity index (χ0n) is 15.2.